The van der Waals surface area contributed by atoms with E-state index in [1.807, 2.05) is 12.1 Å². The molecule has 0 bridgehead atoms. The highest BCUT2D eigenvalue weighted by Crippen LogP contribution is 2.31. The van der Waals surface area contributed by atoms with E-state index in [0.717, 1.165) is 30.9 Å². The largest absolute Gasteiger partial charge is 0.493 e. The number of nitrogens with one attached hydrogen (secondary N) is 1. The number of methoxy groups -OCH3 is 1. The van der Waals surface area contributed by atoms with Crippen LogP contribution in [0, 0.1) is 0 Å². The number of rotatable bonds is 7. The second kappa shape index (κ2) is 8.72. The van der Waals surface area contributed by atoms with Gasteiger partial charge in [0, 0.05) is 12.6 Å². The van der Waals surface area contributed by atoms with Gasteiger partial charge in [-0.15, -0.1) is 0 Å². The summed E-state index contributed by atoms with van der Waals surface area (Å²) in [7, 11) is 1.69. The van der Waals surface area contributed by atoms with Gasteiger partial charge in [0.1, 0.15) is 6.10 Å². The van der Waals surface area contributed by atoms with Crippen LogP contribution >= 0.6 is 0 Å². The molecule has 2 aromatic carbocycles. The molecule has 0 radical (unpaired) electrons. The zero-order valence-electron chi connectivity index (χ0n) is 15.1. The van der Waals surface area contributed by atoms with E-state index in [4.69, 9.17) is 9.47 Å². The number of allylic oxidation sites excluding steroid dienone is 1. The number of hydrogen-bond donors (Lipinski definition) is 1. The monoisotopic (exact) mass is 337 g/mol. The van der Waals surface area contributed by atoms with Gasteiger partial charge in [0.15, 0.2) is 11.5 Å². The maximum atomic E-state index is 6.17. The van der Waals surface area contributed by atoms with E-state index in [-0.39, 0.29) is 6.10 Å². The fourth-order valence-corrected chi connectivity index (χ4v) is 3.10. The van der Waals surface area contributed by atoms with Crippen molar-refractivity contribution in [3.8, 4) is 11.5 Å². The summed E-state index contributed by atoms with van der Waals surface area (Å²) >= 11 is 0. The Morgan fingerprint density at radius 1 is 1.12 bits per heavy atom. The fourth-order valence-electron chi connectivity index (χ4n) is 3.10. The van der Waals surface area contributed by atoms with Gasteiger partial charge in [0.2, 0.25) is 0 Å². The van der Waals surface area contributed by atoms with Gasteiger partial charge in [-0.3, -0.25) is 0 Å². The van der Waals surface area contributed by atoms with Crippen LogP contribution in [-0.2, 0) is 6.54 Å². The van der Waals surface area contributed by atoms with Crippen LogP contribution in [0.2, 0.25) is 0 Å². The zero-order valence-corrected chi connectivity index (χ0v) is 15.1. The SMILES string of the molecule is COc1ccc(CN[C@H](C)c2ccccc2)cc1OC1C=CCCC1. The quantitative estimate of drug-likeness (QED) is 0.719. The first-order chi connectivity index (χ1) is 12.3. The molecule has 3 rings (SSSR count). The van der Waals surface area contributed by atoms with Crippen molar-refractivity contribution >= 4 is 0 Å². The molecule has 0 amide bonds. The summed E-state index contributed by atoms with van der Waals surface area (Å²) in [4.78, 5) is 0. The van der Waals surface area contributed by atoms with Gasteiger partial charge in [-0.25, -0.2) is 0 Å². The van der Waals surface area contributed by atoms with Crippen LogP contribution in [0.15, 0.2) is 60.7 Å². The number of benzene rings is 2. The summed E-state index contributed by atoms with van der Waals surface area (Å²) in [6.45, 7) is 2.97. The van der Waals surface area contributed by atoms with Gasteiger partial charge in [-0.05, 0) is 55.5 Å². The molecule has 0 aliphatic heterocycles. The minimum absolute atomic E-state index is 0.147. The minimum atomic E-state index is 0.147. The van der Waals surface area contributed by atoms with E-state index in [0.29, 0.717) is 6.04 Å². The molecule has 25 heavy (non-hydrogen) atoms. The lowest BCUT2D eigenvalue weighted by atomic mass is 10.1. The van der Waals surface area contributed by atoms with Gasteiger partial charge < -0.3 is 14.8 Å². The molecule has 1 aliphatic carbocycles. The predicted octanol–water partition coefficient (Wildman–Crippen LogP) is 5.03. The summed E-state index contributed by atoms with van der Waals surface area (Å²) in [6, 6.07) is 17.0. The third-order valence-electron chi connectivity index (χ3n) is 4.63. The molecule has 1 unspecified atom stereocenters. The van der Waals surface area contributed by atoms with Crippen molar-refractivity contribution < 1.29 is 9.47 Å². The highest BCUT2D eigenvalue weighted by Gasteiger charge is 2.14. The van der Waals surface area contributed by atoms with E-state index in [2.05, 4.69) is 60.8 Å². The van der Waals surface area contributed by atoms with E-state index < -0.39 is 0 Å². The molecule has 0 aromatic heterocycles. The summed E-state index contributed by atoms with van der Waals surface area (Å²) in [5.41, 5.74) is 2.48. The van der Waals surface area contributed by atoms with Gasteiger partial charge >= 0.3 is 0 Å². The molecule has 0 saturated carbocycles. The summed E-state index contributed by atoms with van der Waals surface area (Å²) in [6.07, 6.45) is 7.90. The minimum Gasteiger partial charge on any atom is -0.493 e. The van der Waals surface area contributed by atoms with Gasteiger partial charge in [-0.2, -0.15) is 0 Å². The molecule has 132 valence electrons. The van der Waals surface area contributed by atoms with Crippen molar-refractivity contribution in [1.82, 2.24) is 5.32 Å². The maximum absolute atomic E-state index is 6.17. The Morgan fingerprint density at radius 3 is 2.68 bits per heavy atom. The lowest BCUT2D eigenvalue weighted by Gasteiger charge is -2.21. The number of hydrogen-bond acceptors (Lipinski definition) is 3. The van der Waals surface area contributed by atoms with Crippen molar-refractivity contribution in [3.63, 3.8) is 0 Å². The summed E-state index contributed by atoms with van der Waals surface area (Å²) in [5.74, 6) is 1.62. The summed E-state index contributed by atoms with van der Waals surface area (Å²) in [5, 5.41) is 3.57. The standard InChI is InChI=1S/C22H27NO2/c1-17(19-9-5-3-6-10-19)23-16-18-13-14-21(24-2)22(15-18)25-20-11-7-4-8-12-20/h3,5-7,9-11,13-15,17,20,23H,4,8,12,16H2,1-2H3/t17-,20?/m1/s1. The van der Waals surface area contributed by atoms with Gasteiger partial charge in [0.25, 0.3) is 0 Å². The third-order valence-corrected chi connectivity index (χ3v) is 4.63. The molecule has 0 spiro atoms. The highest BCUT2D eigenvalue weighted by molar-refractivity contribution is 5.43. The van der Waals surface area contributed by atoms with Crippen LogP contribution in [0.4, 0.5) is 0 Å². The molecule has 0 heterocycles. The summed E-state index contributed by atoms with van der Waals surface area (Å²) < 4.78 is 11.6. The molecule has 3 heteroatoms. The molecule has 3 nitrogen and oxygen atoms in total. The Hall–Kier alpha value is -2.26. The molecule has 2 aromatic rings. The van der Waals surface area contributed by atoms with Crippen LogP contribution < -0.4 is 14.8 Å². The Balaban J connectivity index is 1.66. The van der Waals surface area contributed by atoms with Crippen LogP contribution in [0.25, 0.3) is 0 Å². The van der Waals surface area contributed by atoms with Crippen molar-refractivity contribution in [1.29, 1.82) is 0 Å². The molecule has 2 atom stereocenters. The average Bonchev–Trinajstić information content (AvgIpc) is 2.68. The van der Waals surface area contributed by atoms with Crippen molar-refractivity contribution in [2.45, 2.75) is 44.9 Å². The first kappa shape index (κ1) is 17.6. The van der Waals surface area contributed by atoms with E-state index in [1.165, 1.54) is 17.5 Å². The van der Waals surface area contributed by atoms with Crippen LogP contribution in [0.3, 0.4) is 0 Å². The average molecular weight is 337 g/mol. The second-order valence-corrected chi connectivity index (χ2v) is 6.51. The molecule has 0 saturated heterocycles. The first-order valence-electron chi connectivity index (χ1n) is 9.05. The highest BCUT2D eigenvalue weighted by atomic mass is 16.5. The Bertz CT molecular complexity index is 696. The van der Waals surface area contributed by atoms with Gasteiger partial charge in [-0.1, -0.05) is 42.5 Å². The Kier molecular flexibility index (Phi) is 6.13. The lowest BCUT2D eigenvalue weighted by Crippen LogP contribution is -2.19. The molecule has 1 aliphatic rings. The second-order valence-electron chi connectivity index (χ2n) is 6.51. The predicted molar refractivity (Wildman–Crippen MR) is 102 cm³/mol. The topological polar surface area (TPSA) is 30.5 Å². The van der Waals surface area contributed by atoms with Crippen LogP contribution in [0.5, 0.6) is 11.5 Å². The smallest absolute Gasteiger partial charge is 0.162 e. The van der Waals surface area contributed by atoms with E-state index in [9.17, 15) is 0 Å². The van der Waals surface area contributed by atoms with Crippen molar-refractivity contribution in [2.24, 2.45) is 0 Å². The van der Waals surface area contributed by atoms with Crippen LogP contribution in [-0.4, -0.2) is 13.2 Å². The van der Waals surface area contributed by atoms with Crippen molar-refractivity contribution in [2.75, 3.05) is 7.11 Å². The zero-order chi connectivity index (χ0) is 17.5. The van der Waals surface area contributed by atoms with Crippen LogP contribution in [0.1, 0.15) is 43.4 Å². The first-order valence-corrected chi connectivity index (χ1v) is 9.05. The van der Waals surface area contributed by atoms with Crippen molar-refractivity contribution in [3.05, 3.63) is 71.8 Å². The molecule has 0 fully saturated rings. The molecule has 1 N–H and O–H groups in total. The lowest BCUT2D eigenvalue weighted by molar-refractivity contribution is 0.219. The normalized spacial score (nSPS) is 17.9. The Morgan fingerprint density at radius 2 is 1.96 bits per heavy atom. The molecular weight excluding hydrogens is 310 g/mol. The van der Waals surface area contributed by atoms with E-state index >= 15 is 0 Å². The third kappa shape index (κ3) is 4.86. The Labute approximate surface area is 150 Å². The van der Waals surface area contributed by atoms with E-state index in [1.54, 1.807) is 7.11 Å². The fraction of sp³-hybridized carbons (Fsp3) is 0.364. The number of ether oxygens (including phenoxy) is 2. The molecular formula is C22H27NO2. The maximum Gasteiger partial charge on any atom is 0.162 e. The van der Waals surface area contributed by atoms with Gasteiger partial charge in [0.05, 0.1) is 7.11 Å².